The maximum absolute atomic E-state index is 12.7. The molecule has 5 nitrogen and oxygen atoms in total. The SMILES string of the molecule is O=CN1CCN(C(=O)CN(Cc2ccccc2)c2ccccc2)CC1. The van der Waals surface area contributed by atoms with Crippen molar-refractivity contribution >= 4 is 18.0 Å². The van der Waals surface area contributed by atoms with Crippen molar-refractivity contribution in [2.75, 3.05) is 37.6 Å². The highest BCUT2D eigenvalue weighted by atomic mass is 16.2. The number of para-hydroxylation sites is 1. The fourth-order valence-corrected chi connectivity index (χ4v) is 3.02. The van der Waals surface area contributed by atoms with Gasteiger partial charge >= 0.3 is 0 Å². The summed E-state index contributed by atoms with van der Waals surface area (Å²) in [5, 5.41) is 0. The third-order valence-corrected chi connectivity index (χ3v) is 4.48. The Balaban J connectivity index is 1.69. The third-order valence-electron chi connectivity index (χ3n) is 4.48. The maximum atomic E-state index is 12.7. The predicted octanol–water partition coefficient (Wildman–Crippen LogP) is 1.99. The van der Waals surface area contributed by atoms with E-state index in [1.54, 1.807) is 4.90 Å². The molecule has 1 aliphatic rings. The van der Waals surface area contributed by atoms with Crippen LogP contribution in [0.15, 0.2) is 60.7 Å². The van der Waals surface area contributed by atoms with Gasteiger partial charge in [-0.2, -0.15) is 0 Å². The molecular weight excluding hydrogens is 314 g/mol. The first-order valence-electron chi connectivity index (χ1n) is 8.57. The molecule has 130 valence electrons. The fraction of sp³-hybridized carbons (Fsp3) is 0.300. The van der Waals surface area contributed by atoms with Gasteiger partial charge in [-0.3, -0.25) is 9.59 Å². The molecule has 3 rings (SSSR count). The number of carbonyl (C=O) groups excluding carboxylic acids is 2. The van der Waals surface area contributed by atoms with Crippen LogP contribution in [-0.4, -0.2) is 54.8 Å². The Morgan fingerprint density at radius 2 is 1.52 bits per heavy atom. The Morgan fingerprint density at radius 3 is 2.12 bits per heavy atom. The van der Waals surface area contributed by atoms with E-state index < -0.39 is 0 Å². The highest BCUT2D eigenvalue weighted by Gasteiger charge is 2.22. The van der Waals surface area contributed by atoms with Gasteiger partial charge in [0.15, 0.2) is 0 Å². The summed E-state index contributed by atoms with van der Waals surface area (Å²) < 4.78 is 0. The summed E-state index contributed by atoms with van der Waals surface area (Å²) in [4.78, 5) is 29.2. The van der Waals surface area contributed by atoms with Gasteiger partial charge in [0.2, 0.25) is 12.3 Å². The molecule has 0 radical (unpaired) electrons. The van der Waals surface area contributed by atoms with E-state index in [1.807, 2.05) is 53.4 Å². The Morgan fingerprint density at radius 1 is 0.920 bits per heavy atom. The Kier molecular flexibility index (Phi) is 5.67. The normalized spacial score (nSPS) is 14.2. The second-order valence-electron chi connectivity index (χ2n) is 6.20. The molecule has 0 saturated carbocycles. The van der Waals surface area contributed by atoms with Gasteiger partial charge in [0.1, 0.15) is 0 Å². The van der Waals surface area contributed by atoms with Gasteiger partial charge < -0.3 is 14.7 Å². The first kappa shape index (κ1) is 17.0. The lowest BCUT2D eigenvalue weighted by atomic mass is 10.2. The molecule has 0 aliphatic carbocycles. The third kappa shape index (κ3) is 4.59. The van der Waals surface area contributed by atoms with E-state index in [9.17, 15) is 9.59 Å². The monoisotopic (exact) mass is 337 g/mol. The second-order valence-corrected chi connectivity index (χ2v) is 6.20. The first-order valence-corrected chi connectivity index (χ1v) is 8.57. The maximum Gasteiger partial charge on any atom is 0.242 e. The molecule has 2 aromatic carbocycles. The van der Waals surface area contributed by atoms with Gasteiger partial charge in [-0.1, -0.05) is 48.5 Å². The van der Waals surface area contributed by atoms with Crippen molar-refractivity contribution in [1.82, 2.24) is 9.80 Å². The first-order chi connectivity index (χ1) is 12.3. The van der Waals surface area contributed by atoms with Crippen molar-refractivity contribution in [3.63, 3.8) is 0 Å². The summed E-state index contributed by atoms with van der Waals surface area (Å²) in [6.45, 7) is 3.44. The smallest absolute Gasteiger partial charge is 0.242 e. The minimum absolute atomic E-state index is 0.102. The quantitative estimate of drug-likeness (QED) is 0.757. The highest BCUT2D eigenvalue weighted by Crippen LogP contribution is 2.17. The number of nitrogens with zero attached hydrogens (tertiary/aromatic N) is 3. The largest absolute Gasteiger partial charge is 0.358 e. The summed E-state index contributed by atoms with van der Waals surface area (Å²) in [5.41, 5.74) is 2.20. The van der Waals surface area contributed by atoms with E-state index in [0.29, 0.717) is 39.3 Å². The molecule has 5 heteroatoms. The zero-order chi connectivity index (χ0) is 17.5. The van der Waals surface area contributed by atoms with Crippen molar-refractivity contribution < 1.29 is 9.59 Å². The van der Waals surface area contributed by atoms with Gasteiger partial charge in [-0.25, -0.2) is 0 Å². The molecule has 0 spiro atoms. The van der Waals surface area contributed by atoms with Gasteiger partial charge in [-0.05, 0) is 17.7 Å². The van der Waals surface area contributed by atoms with E-state index in [1.165, 1.54) is 5.56 Å². The molecule has 1 heterocycles. The van der Waals surface area contributed by atoms with Crippen molar-refractivity contribution in [3.05, 3.63) is 66.2 Å². The number of piperazine rings is 1. The Labute approximate surface area is 148 Å². The fourth-order valence-electron chi connectivity index (χ4n) is 3.02. The molecular formula is C20H23N3O2. The van der Waals surface area contributed by atoms with Crippen LogP contribution >= 0.6 is 0 Å². The number of anilines is 1. The molecule has 0 unspecified atom stereocenters. The molecule has 2 amide bonds. The van der Waals surface area contributed by atoms with Crippen molar-refractivity contribution in [2.45, 2.75) is 6.54 Å². The Bertz CT molecular complexity index is 683. The summed E-state index contributed by atoms with van der Waals surface area (Å²) in [7, 11) is 0. The molecule has 0 aromatic heterocycles. The van der Waals surface area contributed by atoms with Gasteiger partial charge in [0, 0.05) is 38.4 Å². The molecule has 25 heavy (non-hydrogen) atoms. The molecule has 1 saturated heterocycles. The number of benzene rings is 2. The standard InChI is InChI=1S/C20H23N3O2/c24-17-21-11-13-22(14-12-21)20(25)16-23(19-9-5-2-6-10-19)15-18-7-3-1-4-8-18/h1-10,17H,11-16H2. The number of rotatable bonds is 6. The van der Waals surface area contributed by atoms with Crippen LogP contribution in [0.2, 0.25) is 0 Å². The molecule has 0 bridgehead atoms. The summed E-state index contributed by atoms with van der Waals surface area (Å²) in [5.74, 6) is 0.102. The van der Waals surface area contributed by atoms with E-state index in [4.69, 9.17) is 0 Å². The van der Waals surface area contributed by atoms with Gasteiger partial charge in [-0.15, -0.1) is 0 Å². The summed E-state index contributed by atoms with van der Waals surface area (Å²) in [6.07, 6.45) is 0.855. The molecule has 0 N–H and O–H groups in total. The molecule has 1 fully saturated rings. The van der Waals surface area contributed by atoms with Crippen LogP contribution in [0, 0.1) is 0 Å². The van der Waals surface area contributed by atoms with Crippen LogP contribution in [-0.2, 0) is 16.1 Å². The van der Waals surface area contributed by atoms with Crippen LogP contribution < -0.4 is 4.90 Å². The molecule has 1 aliphatic heterocycles. The van der Waals surface area contributed by atoms with Crippen LogP contribution in [0.25, 0.3) is 0 Å². The van der Waals surface area contributed by atoms with E-state index >= 15 is 0 Å². The highest BCUT2D eigenvalue weighted by molar-refractivity contribution is 5.81. The Hall–Kier alpha value is -2.82. The zero-order valence-corrected chi connectivity index (χ0v) is 14.3. The lowest BCUT2D eigenvalue weighted by Crippen LogP contribution is -2.50. The minimum Gasteiger partial charge on any atom is -0.358 e. The molecule has 2 aromatic rings. The lowest BCUT2D eigenvalue weighted by molar-refractivity contribution is -0.133. The van der Waals surface area contributed by atoms with Crippen molar-refractivity contribution in [2.24, 2.45) is 0 Å². The number of carbonyl (C=O) groups is 2. The predicted molar refractivity (Wildman–Crippen MR) is 98.2 cm³/mol. The average Bonchev–Trinajstić information content (AvgIpc) is 2.69. The van der Waals surface area contributed by atoms with Crippen LogP contribution in [0.1, 0.15) is 5.56 Å². The summed E-state index contributed by atoms with van der Waals surface area (Å²) >= 11 is 0. The zero-order valence-electron chi connectivity index (χ0n) is 14.3. The van der Waals surface area contributed by atoms with E-state index in [2.05, 4.69) is 17.0 Å². The number of amides is 2. The molecule has 0 atom stereocenters. The van der Waals surface area contributed by atoms with Crippen molar-refractivity contribution in [1.29, 1.82) is 0 Å². The van der Waals surface area contributed by atoms with Crippen LogP contribution in [0.4, 0.5) is 5.69 Å². The van der Waals surface area contributed by atoms with E-state index in [-0.39, 0.29) is 5.91 Å². The lowest BCUT2D eigenvalue weighted by Gasteiger charge is -2.34. The minimum atomic E-state index is 0.102. The van der Waals surface area contributed by atoms with E-state index in [0.717, 1.165) is 12.1 Å². The van der Waals surface area contributed by atoms with Crippen LogP contribution in [0.5, 0.6) is 0 Å². The number of hydrogen-bond donors (Lipinski definition) is 0. The van der Waals surface area contributed by atoms with Crippen LogP contribution in [0.3, 0.4) is 0 Å². The van der Waals surface area contributed by atoms with Gasteiger partial charge in [0.25, 0.3) is 0 Å². The van der Waals surface area contributed by atoms with Crippen molar-refractivity contribution in [3.8, 4) is 0 Å². The van der Waals surface area contributed by atoms with Gasteiger partial charge in [0.05, 0.1) is 6.54 Å². The topological polar surface area (TPSA) is 43.9 Å². The average molecular weight is 337 g/mol. The summed E-state index contributed by atoms with van der Waals surface area (Å²) in [6, 6.07) is 20.2. The number of hydrogen-bond acceptors (Lipinski definition) is 3. The second kappa shape index (κ2) is 8.33.